The number of nitrogen functional groups attached to an aromatic ring is 1. The van der Waals surface area contributed by atoms with Gasteiger partial charge in [0.1, 0.15) is 0 Å². The van der Waals surface area contributed by atoms with Crippen LogP contribution in [0.5, 0.6) is 0 Å². The first-order valence-electron chi connectivity index (χ1n) is 5.78. The molecule has 0 spiro atoms. The summed E-state index contributed by atoms with van der Waals surface area (Å²) in [4.78, 5) is 11.0. The molecule has 0 heterocycles. The van der Waals surface area contributed by atoms with Gasteiger partial charge in [-0.25, -0.2) is 8.42 Å². The van der Waals surface area contributed by atoms with Crippen LogP contribution in [0.15, 0.2) is 24.3 Å². The molecule has 0 aliphatic rings. The third-order valence-corrected chi connectivity index (χ3v) is 4.64. The lowest BCUT2D eigenvalue weighted by Crippen LogP contribution is -2.41. The number of hydrogen-bond donors (Lipinski definition) is 2. The van der Waals surface area contributed by atoms with Crippen molar-refractivity contribution in [3.05, 3.63) is 29.8 Å². The van der Waals surface area contributed by atoms with Gasteiger partial charge in [0.25, 0.3) is 0 Å². The average Bonchev–Trinajstić information content (AvgIpc) is 2.38. The van der Waals surface area contributed by atoms with E-state index in [-0.39, 0.29) is 6.54 Å². The maximum Gasteiger partial charge on any atom is 0.232 e. The Hall–Kier alpha value is -2.11. The van der Waals surface area contributed by atoms with Crippen LogP contribution in [0.4, 0.5) is 5.69 Å². The molecule has 1 amide bonds. The van der Waals surface area contributed by atoms with Gasteiger partial charge in [-0.05, 0) is 24.6 Å². The number of amides is 1. The van der Waals surface area contributed by atoms with Gasteiger partial charge in [-0.2, -0.15) is 9.57 Å². The monoisotopic (exact) mass is 296 g/mol. The van der Waals surface area contributed by atoms with Crippen LogP contribution in [0, 0.1) is 11.3 Å². The Morgan fingerprint density at radius 2 is 1.95 bits per heavy atom. The lowest BCUT2D eigenvalue weighted by molar-refractivity contribution is -0.118. The Morgan fingerprint density at radius 3 is 2.40 bits per heavy atom. The Kier molecular flexibility index (Phi) is 5.07. The lowest BCUT2D eigenvalue weighted by atomic mass is 10.2. The highest BCUT2D eigenvalue weighted by Crippen LogP contribution is 2.14. The van der Waals surface area contributed by atoms with E-state index in [0.29, 0.717) is 11.3 Å². The number of nitrogens with zero attached hydrogens (tertiary/aromatic N) is 2. The molecule has 0 aliphatic carbocycles. The topological polar surface area (TPSA) is 130 Å². The van der Waals surface area contributed by atoms with Crippen molar-refractivity contribution in [2.75, 3.05) is 12.3 Å². The third kappa shape index (κ3) is 3.94. The number of anilines is 1. The fourth-order valence-electron chi connectivity index (χ4n) is 1.53. The minimum absolute atomic E-state index is 0.0441. The molecule has 108 valence electrons. The van der Waals surface area contributed by atoms with Gasteiger partial charge >= 0.3 is 0 Å². The van der Waals surface area contributed by atoms with Crippen molar-refractivity contribution >= 4 is 21.6 Å². The highest BCUT2D eigenvalue weighted by Gasteiger charge is 2.29. The van der Waals surface area contributed by atoms with Crippen molar-refractivity contribution in [1.29, 1.82) is 5.26 Å². The van der Waals surface area contributed by atoms with Gasteiger partial charge in [-0.15, -0.1) is 0 Å². The van der Waals surface area contributed by atoms with E-state index in [1.165, 1.54) is 6.92 Å². The van der Waals surface area contributed by atoms with Gasteiger partial charge in [0.15, 0.2) is 5.25 Å². The van der Waals surface area contributed by atoms with E-state index < -0.39 is 27.7 Å². The van der Waals surface area contributed by atoms with Crippen molar-refractivity contribution in [3.8, 4) is 6.07 Å². The van der Waals surface area contributed by atoms with E-state index in [4.69, 9.17) is 16.7 Å². The van der Waals surface area contributed by atoms with Gasteiger partial charge in [0.05, 0.1) is 12.6 Å². The number of nitriles is 1. The SMILES string of the molecule is CC(C#N)S(=O)(=O)N(CC(N)=O)Cc1ccc(N)cc1. The summed E-state index contributed by atoms with van der Waals surface area (Å²) < 4.78 is 25.2. The van der Waals surface area contributed by atoms with Gasteiger partial charge in [0.2, 0.25) is 15.9 Å². The maximum atomic E-state index is 12.1. The number of primary amides is 1. The number of hydrogen-bond acceptors (Lipinski definition) is 5. The maximum absolute atomic E-state index is 12.1. The molecule has 1 unspecified atom stereocenters. The molecule has 1 aromatic carbocycles. The average molecular weight is 296 g/mol. The second kappa shape index (κ2) is 6.36. The third-order valence-electron chi connectivity index (χ3n) is 2.66. The zero-order valence-corrected chi connectivity index (χ0v) is 11.8. The van der Waals surface area contributed by atoms with Crippen LogP contribution in [0.3, 0.4) is 0 Å². The molecule has 0 aliphatic heterocycles. The van der Waals surface area contributed by atoms with Crippen LogP contribution in [-0.4, -0.2) is 30.4 Å². The van der Waals surface area contributed by atoms with Crippen LogP contribution in [0.25, 0.3) is 0 Å². The van der Waals surface area contributed by atoms with Gasteiger partial charge in [-0.1, -0.05) is 12.1 Å². The summed E-state index contributed by atoms with van der Waals surface area (Å²) in [6.45, 7) is 0.739. The van der Waals surface area contributed by atoms with E-state index in [2.05, 4.69) is 0 Å². The van der Waals surface area contributed by atoms with Crippen molar-refractivity contribution in [2.45, 2.75) is 18.7 Å². The first kappa shape index (κ1) is 15.9. The molecule has 1 rings (SSSR count). The van der Waals surface area contributed by atoms with Crippen LogP contribution in [0.2, 0.25) is 0 Å². The van der Waals surface area contributed by atoms with Crippen molar-refractivity contribution < 1.29 is 13.2 Å². The second-order valence-corrected chi connectivity index (χ2v) is 6.55. The number of carbonyl (C=O) groups is 1. The van der Waals surface area contributed by atoms with Crippen LogP contribution in [0.1, 0.15) is 12.5 Å². The van der Waals surface area contributed by atoms with Crippen molar-refractivity contribution in [3.63, 3.8) is 0 Å². The molecule has 0 saturated heterocycles. The number of sulfonamides is 1. The second-order valence-electron chi connectivity index (χ2n) is 4.29. The largest absolute Gasteiger partial charge is 0.399 e. The first-order chi connectivity index (χ1) is 9.27. The molecule has 0 saturated carbocycles. The molecule has 8 heteroatoms. The summed E-state index contributed by atoms with van der Waals surface area (Å²) in [6, 6.07) is 8.20. The van der Waals surface area contributed by atoms with Crippen molar-refractivity contribution in [2.24, 2.45) is 5.73 Å². The van der Waals surface area contributed by atoms with Crippen molar-refractivity contribution in [1.82, 2.24) is 4.31 Å². The summed E-state index contributed by atoms with van der Waals surface area (Å²) in [5, 5.41) is 7.51. The summed E-state index contributed by atoms with van der Waals surface area (Å²) >= 11 is 0. The zero-order chi connectivity index (χ0) is 15.3. The van der Waals surface area contributed by atoms with Crippen LogP contribution in [-0.2, 0) is 21.4 Å². The van der Waals surface area contributed by atoms with Gasteiger partial charge < -0.3 is 11.5 Å². The van der Waals surface area contributed by atoms with Gasteiger partial charge in [0, 0.05) is 12.2 Å². The normalized spacial score (nSPS) is 12.8. The predicted octanol–water partition coefficient (Wildman–Crippen LogP) is -0.202. The molecule has 1 atom stereocenters. The summed E-state index contributed by atoms with van der Waals surface area (Å²) in [6.07, 6.45) is 0. The molecule has 0 fully saturated rings. The predicted molar refractivity (Wildman–Crippen MR) is 74.5 cm³/mol. The molecule has 4 N–H and O–H groups in total. The van der Waals surface area contributed by atoms with E-state index in [1.807, 2.05) is 0 Å². The molecular weight excluding hydrogens is 280 g/mol. The number of rotatable bonds is 6. The minimum Gasteiger partial charge on any atom is -0.399 e. The lowest BCUT2D eigenvalue weighted by Gasteiger charge is -2.22. The highest BCUT2D eigenvalue weighted by atomic mass is 32.2. The van der Waals surface area contributed by atoms with Gasteiger partial charge in [-0.3, -0.25) is 4.79 Å². The Balaban J connectivity index is 3.05. The fraction of sp³-hybridized carbons (Fsp3) is 0.333. The quantitative estimate of drug-likeness (QED) is 0.702. The molecule has 0 aromatic heterocycles. The van der Waals surface area contributed by atoms with E-state index >= 15 is 0 Å². The molecule has 20 heavy (non-hydrogen) atoms. The fourth-order valence-corrected chi connectivity index (χ4v) is 2.74. The van der Waals surface area contributed by atoms with E-state index in [0.717, 1.165) is 4.31 Å². The van der Waals surface area contributed by atoms with Crippen LogP contribution < -0.4 is 11.5 Å². The van der Waals surface area contributed by atoms with E-state index in [1.54, 1.807) is 30.3 Å². The van der Waals surface area contributed by atoms with Crippen LogP contribution >= 0.6 is 0 Å². The number of nitrogens with two attached hydrogens (primary N) is 2. The molecule has 7 nitrogen and oxygen atoms in total. The molecular formula is C12H16N4O3S. The Bertz CT molecular complexity index is 619. The number of benzene rings is 1. The Labute approximate surface area is 117 Å². The standard InChI is InChI=1S/C12H16N4O3S/c1-9(6-13)20(18,19)16(8-12(15)17)7-10-2-4-11(14)5-3-10/h2-5,9H,7-8,14H2,1H3,(H2,15,17). The highest BCUT2D eigenvalue weighted by molar-refractivity contribution is 7.89. The smallest absolute Gasteiger partial charge is 0.232 e. The first-order valence-corrected chi connectivity index (χ1v) is 7.29. The molecule has 0 radical (unpaired) electrons. The zero-order valence-electron chi connectivity index (χ0n) is 11.0. The molecule has 0 bridgehead atoms. The van der Waals surface area contributed by atoms with E-state index in [9.17, 15) is 13.2 Å². The number of carbonyl (C=O) groups excluding carboxylic acids is 1. The Morgan fingerprint density at radius 1 is 1.40 bits per heavy atom. The summed E-state index contributed by atoms with van der Waals surface area (Å²) in [7, 11) is -3.91. The summed E-state index contributed by atoms with van der Waals surface area (Å²) in [5.74, 6) is -0.783. The minimum atomic E-state index is -3.91. The summed E-state index contributed by atoms with van der Waals surface area (Å²) in [5.41, 5.74) is 11.8. The molecule has 1 aromatic rings.